The standard InChI is InChI=1S/C24H33N5O3S/c1-5-12-27-23(30)18(17-25)16-22-29(6-2)24(31)21(33-22)11-13-26-19-7-9-20(10-8-19)32-15-14-28(3)4/h1,7-10,18,21-22,26H,6,11-16H2,2-4H3,(H,27,30). The number of nitriles is 1. The van der Waals surface area contributed by atoms with Gasteiger partial charge in [-0.1, -0.05) is 5.92 Å². The first-order valence-electron chi connectivity index (χ1n) is 11.1. The van der Waals surface area contributed by atoms with Gasteiger partial charge in [0.15, 0.2) is 0 Å². The summed E-state index contributed by atoms with van der Waals surface area (Å²) >= 11 is 1.53. The number of nitrogens with one attached hydrogen (secondary N) is 2. The van der Waals surface area contributed by atoms with Crippen LogP contribution in [-0.4, -0.2) is 79.1 Å². The number of rotatable bonds is 13. The van der Waals surface area contributed by atoms with Gasteiger partial charge in [0, 0.05) is 31.7 Å². The van der Waals surface area contributed by atoms with Crippen LogP contribution >= 0.6 is 11.8 Å². The number of terminal acetylenes is 1. The van der Waals surface area contributed by atoms with E-state index in [2.05, 4.69) is 21.5 Å². The second kappa shape index (κ2) is 13.6. The molecule has 0 saturated carbocycles. The normalized spacial score (nSPS) is 18.5. The Hall–Kier alpha value is -2.88. The summed E-state index contributed by atoms with van der Waals surface area (Å²) in [4.78, 5) is 28.8. The average molecular weight is 472 g/mol. The van der Waals surface area contributed by atoms with Crippen LogP contribution in [0.1, 0.15) is 19.8 Å². The minimum Gasteiger partial charge on any atom is -0.492 e. The van der Waals surface area contributed by atoms with Crippen LogP contribution in [-0.2, 0) is 9.59 Å². The van der Waals surface area contributed by atoms with Crippen molar-refractivity contribution in [2.75, 3.05) is 52.2 Å². The van der Waals surface area contributed by atoms with Crippen molar-refractivity contribution in [3.05, 3.63) is 24.3 Å². The Kier molecular flexibility index (Phi) is 10.9. The lowest BCUT2D eigenvalue weighted by Gasteiger charge is -2.23. The summed E-state index contributed by atoms with van der Waals surface area (Å²) in [6, 6.07) is 9.82. The Labute approximate surface area is 201 Å². The third-order valence-corrected chi connectivity index (χ3v) is 6.77. The first-order chi connectivity index (χ1) is 15.9. The maximum atomic E-state index is 12.8. The van der Waals surface area contributed by atoms with Crippen LogP contribution in [0.3, 0.4) is 0 Å². The molecule has 178 valence electrons. The topological polar surface area (TPSA) is 97.7 Å². The van der Waals surface area contributed by atoms with E-state index in [1.54, 1.807) is 4.90 Å². The predicted molar refractivity (Wildman–Crippen MR) is 132 cm³/mol. The van der Waals surface area contributed by atoms with E-state index < -0.39 is 5.92 Å². The van der Waals surface area contributed by atoms with Crippen molar-refractivity contribution in [1.82, 2.24) is 15.1 Å². The highest BCUT2D eigenvalue weighted by Gasteiger charge is 2.40. The lowest BCUT2D eigenvalue weighted by Crippen LogP contribution is -2.38. The Balaban J connectivity index is 1.84. The second-order valence-corrected chi connectivity index (χ2v) is 9.32. The van der Waals surface area contributed by atoms with E-state index in [4.69, 9.17) is 11.2 Å². The maximum absolute atomic E-state index is 12.8. The number of hydrogen-bond acceptors (Lipinski definition) is 7. The van der Waals surface area contributed by atoms with Crippen LogP contribution in [0.5, 0.6) is 5.75 Å². The van der Waals surface area contributed by atoms with Crippen LogP contribution in [0.25, 0.3) is 0 Å². The summed E-state index contributed by atoms with van der Waals surface area (Å²) in [7, 11) is 4.01. The smallest absolute Gasteiger partial charge is 0.238 e. The summed E-state index contributed by atoms with van der Waals surface area (Å²) in [5, 5.41) is 14.9. The Morgan fingerprint density at radius 3 is 2.70 bits per heavy atom. The molecule has 3 atom stereocenters. The Morgan fingerprint density at radius 2 is 2.09 bits per heavy atom. The van der Waals surface area contributed by atoms with E-state index in [-0.39, 0.29) is 35.4 Å². The highest BCUT2D eigenvalue weighted by molar-refractivity contribution is 8.01. The van der Waals surface area contributed by atoms with Crippen molar-refractivity contribution < 1.29 is 14.3 Å². The number of carbonyl (C=O) groups excluding carboxylic acids is 2. The molecule has 8 nitrogen and oxygen atoms in total. The largest absolute Gasteiger partial charge is 0.492 e. The third kappa shape index (κ3) is 8.20. The average Bonchev–Trinajstić information content (AvgIpc) is 3.10. The van der Waals surface area contributed by atoms with Crippen LogP contribution in [0.4, 0.5) is 5.69 Å². The molecule has 0 radical (unpaired) electrons. The SMILES string of the molecule is C#CCNC(=O)C(C#N)CC1SC(CCNc2ccc(OCCN(C)C)cc2)C(=O)N1CC. The van der Waals surface area contributed by atoms with E-state index in [1.807, 2.05) is 51.4 Å². The quantitative estimate of drug-likeness (QED) is 0.425. The van der Waals surface area contributed by atoms with Crippen molar-refractivity contribution >= 4 is 29.3 Å². The molecule has 1 fully saturated rings. The molecule has 1 aromatic rings. The van der Waals surface area contributed by atoms with Crippen molar-refractivity contribution in [3.8, 4) is 24.2 Å². The molecule has 2 rings (SSSR count). The lowest BCUT2D eigenvalue weighted by atomic mass is 10.1. The van der Waals surface area contributed by atoms with Crippen LogP contribution in [0.15, 0.2) is 24.3 Å². The van der Waals surface area contributed by atoms with Crippen molar-refractivity contribution in [3.63, 3.8) is 0 Å². The zero-order chi connectivity index (χ0) is 24.2. The van der Waals surface area contributed by atoms with E-state index >= 15 is 0 Å². The molecule has 1 aromatic carbocycles. The van der Waals surface area contributed by atoms with Gasteiger partial charge in [0.05, 0.1) is 23.2 Å². The zero-order valence-corrected chi connectivity index (χ0v) is 20.4. The van der Waals surface area contributed by atoms with Gasteiger partial charge in [0.25, 0.3) is 0 Å². The fraction of sp³-hybridized carbons (Fsp3) is 0.542. The monoisotopic (exact) mass is 471 g/mol. The molecule has 1 aliphatic rings. The fourth-order valence-electron chi connectivity index (χ4n) is 3.43. The highest BCUT2D eigenvalue weighted by atomic mass is 32.2. The van der Waals surface area contributed by atoms with E-state index in [1.165, 1.54) is 11.8 Å². The first-order valence-corrected chi connectivity index (χ1v) is 12.0. The van der Waals surface area contributed by atoms with E-state index in [0.29, 0.717) is 26.1 Å². The van der Waals surface area contributed by atoms with Gasteiger partial charge in [-0.3, -0.25) is 9.59 Å². The molecule has 1 heterocycles. The van der Waals surface area contributed by atoms with Crippen LogP contribution in [0.2, 0.25) is 0 Å². The molecule has 9 heteroatoms. The third-order valence-electron chi connectivity index (χ3n) is 5.24. The molecule has 2 amide bonds. The second-order valence-electron chi connectivity index (χ2n) is 7.93. The Bertz CT molecular complexity index is 862. The fourth-order valence-corrected chi connectivity index (χ4v) is 5.01. The number of likely N-dealkylation sites (N-methyl/N-ethyl adjacent to an activating group) is 1. The molecule has 3 unspecified atom stereocenters. The lowest BCUT2D eigenvalue weighted by molar-refractivity contribution is -0.131. The van der Waals surface area contributed by atoms with E-state index in [9.17, 15) is 14.9 Å². The number of nitrogens with zero attached hydrogens (tertiary/aromatic N) is 3. The summed E-state index contributed by atoms with van der Waals surface area (Å²) < 4.78 is 5.70. The van der Waals surface area contributed by atoms with Gasteiger partial charge >= 0.3 is 0 Å². The number of carbonyl (C=O) groups is 2. The molecule has 0 aliphatic carbocycles. The minimum absolute atomic E-state index is 0.0552. The predicted octanol–water partition coefficient (Wildman–Crippen LogP) is 2.00. The number of ether oxygens (including phenoxy) is 1. The van der Waals surface area contributed by atoms with Gasteiger partial charge < -0.3 is 25.2 Å². The van der Waals surface area contributed by atoms with Crippen LogP contribution < -0.4 is 15.4 Å². The van der Waals surface area contributed by atoms with Crippen molar-refractivity contribution in [2.24, 2.45) is 5.92 Å². The number of anilines is 1. The summed E-state index contributed by atoms with van der Waals surface area (Å²) in [6.07, 6.45) is 6.11. The van der Waals surface area contributed by atoms with Crippen LogP contribution in [0, 0.1) is 29.6 Å². The Morgan fingerprint density at radius 1 is 1.36 bits per heavy atom. The zero-order valence-electron chi connectivity index (χ0n) is 19.5. The first kappa shape index (κ1) is 26.4. The molecule has 2 N–H and O–H groups in total. The molecule has 0 bridgehead atoms. The highest BCUT2D eigenvalue weighted by Crippen LogP contribution is 2.36. The molecule has 0 spiro atoms. The van der Waals surface area contributed by atoms with E-state index in [0.717, 1.165) is 18.0 Å². The number of thioether (sulfide) groups is 1. The summed E-state index contributed by atoms with van der Waals surface area (Å²) in [5.74, 6) is 1.98. The molecule has 0 aromatic heterocycles. The number of amides is 2. The molecular formula is C24H33N5O3S. The van der Waals surface area contributed by atoms with Gasteiger partial charge in [0.2, 0.25) is 11.8 Å². The molecule has 33 heavy (non-hydrogen) atoms. The molecule has 1 aliphatic heterocycles. The number of hydrogen-bond donors (Lipinski definition) is 2. The van der Waals surface area contributed by atoms with Gasteiger partial charge in [-0.05, 0) is 51.7 Å². The van der Waals surface area contributed by atoms with Gasteiger partial charge in [0.1, 0.15) is 18.3 Å². The van der Waals surface area contributed by atoms with Gasteiger partial charge in [-0.2, -0.15) is 5.26 Å². The minimum atomic E-state index is -0.840. The summed E-state index contributed by atoms with van der Waals surface area (Å²) in [5.41, 5.74) is 0.962. The van der Waals surface area contributed by atoms with Crippen molar-refractivity contribution in [1.29, 1.82) is 5.26 Å². The van der Waals surface area contributed by atoms with Gasteiger partial charge in [-0.15, -0.1) is 18.2 Å². The van der Waals surface area contributed by atoms with Crippen molar-refractivity contribution in [2.45, 2.75) is 30.4 Å². The molecular weight excluding hydrogens is 438 g/mol. The number of benzene rings is 1. The molecule has 1 saturated heterocycles. The maximum Gasteiger partial charge on any atom is 0.238 e. The van der Waals surface area contributed by atoms with Gasteiger partial charge in [-0.25, -0.2) is 0 Å². The summed E-state index contributed by atoms with van der Waals surface area (Å²) in [6.45, 7) is 4.66.